The maximum absolute atomic E-state index is 2.34. The van der Waals surface area contributed by atoms with Gasteiger partial charge in [0.2, 0.25) is 0 Å². The summed E-state index contributed by atoms with van der Waals surface area (Å²) in [5, 5.41) is 0. The summed E-state index contributed by atoms with van der Waals surface area (Å²) in [6.45, 7) is 2.22. The lowest BCUT2D eigenvalue weighted by molar-refractivity contribution is 1.20. The van der Waals surface area contributed by atoms with Crippen molar-refractivity contribution in [2.24, 2.45) is 0 Å². The highest BCUT2D eigenvalue weighted by molar-refractivity contribution is 7.95. The van der Waals surface area contributed by atoms with E-state index in [-0.39, 0.29) is 0 Å². The predicted molar refractivity (Wildman–Crippen MR) is 86.7 cm³/mol. The van der Waals surface area contributed by atoms with Gasteiger partial charge in [0, 0.05) is 10.9 Å². The van der Waals surface area contributed by atoms with Gasteiger partial charge in [0.15, 0.2) is 4.90 Å². The van der Waals surface area contributed by atoms with Gasteiger partial charge >= 0.3 is 0 Å². The molecule has 0 spiro atoms. The summed E-state index contributed by atoms with van der Waals surface area (Å²) < 4.78 is 0. The second kappa shape index (κ2) is 4.90. The molecule has 0 aliphatic heterocycles. The molecule has 3 rings (SSSR count). The van der Waals surface area contributed by atoms with Gasteiger partial charge in [-0.3, -0.25) is 0 Å². The van der Waals surface area contributed by atoms with Gasteiger partial charge in [-0.15, -0.1) is 0 Å². The van der Waals surface area contributed by atoms with E-state index in [9.17, 15) is 0 Å². The molecule has 0 heterocycles. The van der Waals surface area contributed by atoms with Crippen molar-refractivity contribution in [1.29, 1.82) is 0 Å². The van der Waals surface area contributed by atoms with Gasteiger partial charge in [-0.2, -0.15) is 0 Å². The molecular formula is C18H19S+. The van der Waals surface area contributed by atoms with Gasteiger partial charge in [0.05, 0.1) is 0 Å². The van der Waals surface area contributed by atoms with Gasteiger partial charge in [-0.1, -0.05) is 29.8 Å². The summed E-state index contributed by atoms with van der Waals surface area (Å²) in [4.78, 5) is 1.43. The minimum Gasteiger partial charge on any atom is -0.0683 e. The van der Waals surface area contributed by atoms with E-state index in [2.05, 4.69) is 68.0 Å². The molecule has 0 saturated heterocycles. The van der Waals surface area contributed by atoms with Crippen LogP contribution in [0.25, 0.3) is 17.2 Å². The smallest absolute Gasteiger partial charge is 0.0683 e. The van der Waals surface area contributed by atoms with Crippen LogP contribution in [0.4, 0.5) is 0 Å². The third-order valence-electron chi connectivity index (χ3n) is 3.69. The van der Waals surface area contributed by atoms with Crippen LogP contribution in [0.15, 0.2) is 52.9 Å². The Labute approximate surface area is 118 Å². The highest BCUT2D eigenvalue weighted by atomic mass is 32.2. The van der Waals surface area contributed by atoms with Gasteiger partial charge in [-0.25, -0.2) is 0 Å². The Hall–Kier alpha value is -1.47. The van der Waals surface area contributed by atoms with Crippen molar-refractivity contribution < 1.29 is 0 Å². The largest absolute Gasteiger partial charge is 0.154 e. The molecule has 0 nitrogen and oxygen atoms in total. The van der Waals surface area contributed by atoms with Crippen LogP contribution in [0.2, 0.25) is 0 Å². The van der Waals surface area contributed by atoms with Gasteiger partial charge in [0.1, 0.15) is 12.5 Å². The molecule has 0 radical (unpaired) electrons. The number of hydrogen-bond donors (Lipinski definition) is 0. The molecule has 0 amide bonds. The lowest BCUT2D eigenvalue weighted by atomic mass is 9.97. The summed E-state index contributed by atoms with van der Waals surface area (Å²) in [6.07, 6.45) is 7.97. The van der Waals surface area contributed by atoms with Crippen molar-refractivity contribution in [3.05, 3.63) is 59.2 Å². The van der Waals surface area contributed by atoms with Crippen LogP contribution in [-0.2, 0) is 17.3 Å². The lowest BCUT2D eigenvalue weighted by Crippen LogP contribution is -1.95. The summed E-state index contributed by atoms with van der Waals surface area (Å²) >= 11 is 0. The molecule has 1 aliphatic carbocycles. The van der Waals surface area contributed by atoms with E-state index in [0.717, 1.165) is 6.42 Å². The minimum absolute atomic E-state index is 0.340. The molecule has 0 aromatic heterocycles. The van der Waals surface area contributed by atoms with Crippen molar-refractivity contribution in [2.45, 2.75) is 18.2 Å². The van der Waals surface area contributed by atoms with E-state index >= 15 is 0 Å². The maximum Gasteiger partial charge on any atom is 0.154 e. The molecule has 0 atom stereocenters. The Morgan fingerprint density at radius 1 is 0.947 bits per heavy atom. The first-order valence-electron chi connectivity index (χ1n) is 6.62. The van der Waals surface area contributed by atoms with Crippen LogP contribution >= 0.6 is 0 Å². The zero-order chi connectivity index (χ0) is 13.4. The Balaban J connectivity index is 2.06. The molecule has 0 unspecified atom stereocenters. The zero-order valence-electron chi connectivity index (χ0n) is 11.7. The second-order valence-electron chi connectivity index (χ2n) is 5.39. The third kappa shape index (κ3) is 2.35. The number of benzene rings is 2. The number of rotatable bonds is 2. The molecule has 0 bridgehead atoms. The average molecular weight is 267 g/mol. The fourth-order valence-corrected chi connectivity index (χ4v) is 3.37. The first-order chi connectivity index (χ1) is 9.15. The summed E-state index contributed by atoms with van der Waals surface area (Å²) in [7, 11) is 0.340. The van der Waals surface area contributed by atoms with E-state index in [0.29, 0.717) is 10.9 Å². The molecule has 0 fully saturated rings. The first kappa shape index (κ1) is 12.6. The predicted octanol–water partition coefficient (Wildman–Crippen LogP) is 4.55. The summed E-state index contributed by atoms with van der Waals surface area (Å²) in [5.41, 5.74) is 7.04. The van der Waals surface area contributed by atoms with Crippen LogP contribution < -0.4 is 0 Å². The van der Waals surface area contributed by atoms with Crippen molar-refractivity contribution in [3.8, 4) is 11.1 Å². The Bertz CT molecular complexity index is 633. The van der Waals surface area contributed by atoms with Crippen molar-refractivity contribution in [3.63, 3.8) is 0 Å². The molecule has 2 aromatic rings. The Kier molecular flexibility index (Phi) is 3.24. The van der Waals surface area contributed by atoms with Crippen LogP contribution in [-0.4, -0.2) is 12.5 Å². The van der Waals surface area contributed by atoms with E-state index in [4.69, 9.17) is 0 Å². The first-order valence-corrected chi connectivity index (χ1v) is 8.66. The monoisotopic (exact) mass is 267 g/mol. The van der Waals surface area contributed by atoms with Gasteiger partial charge < -0.3 is 0 Å². The number of allylic oxidation sites excluding steroid dienone is 1. The van der Waals surface area contributed by atoms with Crippen LogP contribution in [0.5, 0.6) is 0 Å². The molecular weight excluding hydrogens is 248 g/mol. The Morgan fingerprint density at radius 2 is 1.68 bits per heavy atom. The second-order valence-corrected chi connectivity index (χ2v) is 7.49. The number of fused-ring (bicyclic) bond motifs is 1. The van der Waals surface area contributed by atoms with E-state index in [1.54, 1.807) is 0 Å². The van der Waals surface area contributed by atoms with Crippen molar-refractivity contribution >= 4 is 17.0 Å². The fraction of sp³-hybridized carbons (Fsp3) is 0.222. The van der Waals surface area contributed by atoms with Crippen LogP contribution in [0, 0.1) is 0 Å². The van der Waals surface area contributed by atoms with E-state index in [1.165, 1.54) is 32.7 Å². The highest BCUT2D eigenvalue weighted by Gasteiger charge is 2.15. The van der Waals surface area contributed by atoms with E-state index < -0.39 is 0 Å². The van der Waals surface area contributed by atoms with Gasteiger partial charge in [-0.05, 0) is 59.9 Å². The molecule has 0 saturated carbocycles. The molecule has 0 N–H and O–H groups in total. The van der Waals surface area contributed by atoms with Gasteiger partial charge in [0.25, 0.3) is 0 Å². The van der Waals surface area contributed by atoms with Crippen molar-refractivity contribution in [1.82, 2.24) is 0 Å². The fourth-order valence-electron chi connectivity index (χ4n) is 2.69. The normalized spacial score (nSPS) is 13.6. The molecule has 1 heteroatoms. The third-order valence-corrected chi connectivity index (χ3v) is 4.91. The topological polar surface area (TPSA) is 0 Å². The van der Waals surface area contributed by atoms with Crippen molar-refractivity contribution in [2.75, 3.05) is 12.5 Å². The standard InChI is InChI=1S/C18H19S/c1-13-11-15-5-4-6-17(18(15)12-13)14-7-9-16(10-8-14)19(2)3/h4-10,12H,11H2,1-3H3/q+1. The molecule has 2 aromatic carbocycles. The molecule has 96 valence electrons. The average Bonchev–Trinajstić information content (AvgIpc) is 2.78. The summed E-state index contributed by atoms with van der Waals surface area (Å²) in [6, 6.07) is 15.7. The number of hydrogen-bond acceptors (Lipinski definition) is 0. The van der Waals surface area contributed by atoms with E-state index in [1.807, 2.05) is 0 Å². The zero-order valence-corrected chi connectivity index (χ0v) is 12.6. The maximum atomic E-state index is 2.34. The lowest BCUT2D eigenvalue weighted by Gasteiger charge is -2.08. The quantitative estimate of drug-likeness (QED) is 0.700. The SMILES string of the molecule is CC1=Cc2c(cccc2-c2ccc([S+](C)C)cc2)C1. The van der Waals surface area contributed by atoms with Crippen LogP contribution in [0.1, 0.15) is 18.1 Å². The minimum atomic E-state index is 0.340. The Morgan fingerprint density at radius 3 is 2.37 bits per heavy atom. The van der Waals surface area contributed by atoms with Crippen LogP contribution in [0.3, 0.4) is 0 Å². The highest BCUT2D eigenvalue weighted by Crippen LogP contribution is 2.34. The molecule has 1 aliphatic rings. The molecule has 19 heavy (non-hydrogen) atoms. The summed E-state index contributed by atoms with van der Waals surface area (Å²) in [5.74, 6) is 0.